The maximum Gasteiger partial charge on any atom is 0.285 e. The minimum atomic E-state index is -0.400. The van der Waals surface area contributed by atoms with Crippen molar-refractivity contribution in [3.05, 3.63) is 35.3 Å². The van der Waals surface area contributed by atoms with Crippen LogP contribution in [0.15, 0.2) is 18.3 Å². The van der Waals surface area contributed by atoms with Gasteiger partial charge in [-0.1, -0.05) is 27.7 Å². The zero-order valence-electron chi connectivity index (χ0n) is 21.3. The highest BCUT2D eigenvalue weighted by Crippen LogP contribution is 2.19. The number of carbonyl (C=O) groups is 2. The number of aromatic nitrogens is 2. The van der Waals surface area contributed by atoms with E-state index < -0.39 is 5.91 Å². The van der Waals surface area contributed by atoms with Gasteiger partial charge in [0, 0.05) is 19.3 Å². The number of rotatable bonds is 12. The molecule has 0 bridgehead atoms. The number of amides is 2. The van der Waals surface area contributed by atoms with E-state index in [9.17, 15) is 9.59 Å². The molecular weight excluding hydrogens is 428 g/mol. The number of pyridine rings is 1. The summed E-state index contributed by atoms with van der Waals surface area (Å²) in [6, 6.07) is 3.65. The molecule has 3 N–H and O–H groups in total. The second-order valence-electron chi connectivity index (χ2n) is 10.3. The van der Waals surface area contributed by atoms with Crippen molar-refractivity contribution >= 4 is 17.5 Å². The van der Waals surface area contributed by atoms with Crippen molar-refractivity contribution in [2.75, 3.05) is 32.7 Å². The Morgan fingerprint density at radius 1 is 1.09 bits per heavy atom. The first-order valence-corrected chi connectivity index (χ1v) is 12.8. The third-order valence-corrected chi connectivity index (χ3v) is 6.64. The number of nitrogens with one attached hydrogen (secondary N) is 1. The summed E-state index contributed by atoms with van der Waals surface area (Å²) in [5.74, 6) is 6.14. The van der Waals surface area contributed by atoms with Crippen LogP contribution in [-0.4, -0.2) is 63.7 Å². The van der Waals surface area contributed by atoms with Gasteiger partial charge < -0.3 is 14.2 Å². The summed E-state index contributed by atoms with van der Waals surface area (Å²) in [4.78, 5) is 34.9. The van der Waals surface area contributed by atoms with Gasteiger partial charge >= 0.3 is 0 Å². The van der Waals surface area contributed by atoms with Crippen molar-refractivity contribution < 1.29 is 9.59 Å². The molecule has 1 saturated heterocycles. The molecule has 3 rings (SSSR count). The molecule has 1 fully saturated rings. The molecule has 2 aromatic heterocycles. The lowest BCUT2D eigenvalue weighted by Crippen LogP contribution is -2.34. The zero-order chi connectivity index (χ0) is 24.7. The molecule has 0 atom stereocenters. The van der Waals surface area contributed by atoms with Crippen molar-refractivity contribution in [1.29, 1.82) is 0 Å². The molecule has 34 heavy (non-hydrogen) atoms. The minimum Gasteiger partial charge on any atom is -0.339 e. The van der Waals surface area contributed by atoms with E-state index in [1.807, 2.05) is 27.6 Å². The first kappa shape index (κ1) is 26.2. The van der Waals surface area contributed by atoms with E-state index in [-0.39, 0.29) is 5.91 Å². The van der Waals surface area contributed by atoms with Crippen molar-refractivity contribution in [3.8, 4) is 0 Å². The monoisotopic (exact) mass is 470 g/mol. The molecule has 0 aromatic carbocycles. The summed E-state index contributed by atoms with van der Waals surface area (Å²) in [6.45, 7) is 13.5. The van der Waals surface area contributed by atoms with Gasteiger partial charge in [0.15, 0.2) is 5.69 Å². The molecule has 0 unspecified atom stereocenters. The van der Waals surface area contributed by atoms with Crippen LogP contribution in [0, 0.1) is 11.8 Å². The minimum absolute atomic E-state index is 0.0322. The van der Waals surface area contributed by atoms with Crippen LogP contribution in [0.2, 0.25) is 0 Å². The van der Waals surface area contributed by atoms with E-state index in [1.54, 1.807) is 0 Å². The Morgan fingerprint density at radius 2 is 1.74 bits per heavy atom. The molecule has 0 saturated carbocycles. The van der Waals surface area contributed by atoms with Gasteiger partial charge in [-0.2, -0.15) is 0 Å². The van der Waals surface area contributed by atoms with Crippen LogP contribution in [0.5, 0.6) is 0 Å². The van der Waals surface area contributed by atoms with Crippen LogP contribution >= 0.6 is 0 Å². The molecule has 1 aliphatic heterocycles. The lowest BCUT2D eigenvalue weighted by molar-refractivity contribution is 0.0740. The number of nitrogen functional groups attached to an aromatic ring is 1. The van der Waals surface area contributed by atoms with Gasteiger partial charge in [0.1, 0.15) is 5.65 Å². The Kier molecular flexibility index (Phi) is 9.47. The highest BCUT2D eigenvalue weighted by atomic mass is 16.2. The van der Waals surface area contributed by atoms with Gasteiger partial charge in [0.2, 0.25) is 0 Å². The second-order valence-corrected chi connectivity index (χ2v) is 10.3. The number of nitrogens with two attached hydrogens (primary N) is 1. The van der Waals surface area contributed by atoms with Gasteiger partial charge in [0.05, 0.1) is 11.3 Å². The van der Waals surface area contributed by atoms with E-state index in [1.165, 1.54) is 12.8 Å². The number of hydrogen-bond donors (Lipinski definition) is 2. The second kappa shape index (κ2) is 12.3. The Morgan fingerprint density at radius 3 is 2.32 bits per heavy atom. The van der Waals surface area contributed by atoms with Crippen LogP contribution in [0.3, 0.4) is 0 Å². The number of hydrazine groups is 1. The van der Waals surface area contributed by atoms with Gasteiger partial charge in [-0.25, -0.2) is 10.8 Å². The fraction of sp³-hybridized carbons (Fsp3) is 0.654. The van der Waals surface area contributed by atoms with Crippen LogP contribution in [-0.2, 0) is 6.42 Å². The van der Waals surface area contributed by atoms with Crippen molar-refractivity contribution in [2.24, 2.45) is 17.7 Å². The van der Waals surface area contributed by atoms with Gasteiger partial charge in [-0.3, -0.25) is 15.0 Å². The van der Waals surface area contributed by atoms with Gasteiger partial charge in [-0.05, 0) is 82.1 Å². The summed E-state index contributed by atoms with van der Waals surface area (Å²) in [5.41, 5.74) is 4.65. The van der Waals surface area contributed by atoms with Crippen LogP contribution in [0.4, 0.5) is 0 Å². The van der Waals surface area contributed by atoms with E-state index in [0.717, 1.165) is 57.7 Å². The molecule has 1 aliphatic rings. The molecule has 8 nitrogen and oxygen atoms in total. The van der Waals surface area contributed by atoms with Crippen LogP contribution < -0.4 is 11.3 Å². The largest absolute Gasteiger partial charge is 0.339 e. The van der Waals surface area contributed by atoms with Crippen LogP contribution in [0.1, 0.15) is 86.3 Å². The van der Waals surface area contributed by atoms with E-state index in [2.05, 4.69) is 43.0 Å². The third kappa shape index (κ3) is 6.79. The molecule has 0 aliphatic carbocycles. The number of aryl methyl sites for hydroxylation is 1. The van der Waals surface area contributed by atoms with E-state index >= 15 is 0 Å². The Labute approximate surface area is 203 Å². The smallest absolute Gasteiger partial charge is 0.285 e. The highest BCUT2D eigenvalue weighted by molar-refractivity contribution is 5.96. The van der Waals surface area contributed by atoms with Crippen molar-refractivity contribution in [3.63, 3.8) is 0 Å². The van der Waals surface area contributed by atoms with Gasteiger partial charge in [0.25, 0.3) is 11.8 Å². The molecule has 2 aromatic rings. The third-order valence-electron chi connectivity index (χ3n) is 6.64. The normalized spacial score (nSPS) is 14.4. The molecule has 0 spiro atoms. The molecule has 8 heteroatoms. The SMILES string of the molecule is CC(C)CCN(CCC(C)C)C(=O)c1ccc2nc(C(=O)NN)c(CCCN3CCCC3)n2c1. The molecule has 0 radical (unpaired) electrons. The molecule has 2 amide bonds. The first-order chi connectivity index (χ1) is 16.3. The topological polar surface area (TPSA) is 96.0 Å². The number of hydrogen-bond acceptors (Lipinski definition) is 5. The molecule has 3 heterocycles. The van der Waals surface area contributed by atoms with E-state index in [0.29, 0.717) is 35.2 Å². The Balaban J connectivity index is 1.86. The fourth-order valence-corrected chi connectivity index (χ4v) is 4.51. The van der Waals surface area contributed by atoms with Crippen molar-refractivity contribution in [2.45, 2.75) is 66.2 Å². The number of nitrogens with zero attached hydrogens (tertiary/aromatic N) is 4. The predicted octanol–water partition coefficient (Wildman–Crippen LogP) is 3.50. The zero-order valence-corrected chi connectivity index (χ0v) is 21.3. The lowest BCUT2D eigenvalue weighted by atomic mass is 10.1. The number of likely N-dealkylation sites (tertiary alicyclic amines) is 1. The van der Waals surface area contributed by atoms with Gasteiger partial charge in [-0.15, -0.1) is 0 Å². The summed E-state index contributed by atoms with van der Waals surface area (Å²) >= 11 is 0. The quantitative estimate of drug-likeness (QED) is 0.281. The number of fused-ring (bicyclic) bond motifs is 1. The maximum absolute atomic E-state index is 13.5. The average molecular weight is 471 g/mol. The molecule has 188 valence electrons. The Bertz CT molecular complexity index is 950. The number of imidazole rings is 1. The highest BCUT2D eigenvalue weighted by Gasteiger charge is 2.22. The summed E-state index contributed by atoms with van der Waals surface area (Å²) in [7, 11) is 0. The van der Waals surface area contributed by atoms with E-state index in [4.69, 9.17) is 5.84 Å². The maximum atomic E-state index is 13.5. The lowest BCUT2D eigenvalue weighted by Gasteiger charge is -2.24. The standard InChI is InChI=1S/C26H42N6O2/c1-19(2)11-16-31(17-12-20(3)4)26(34)21-9-10-23-28-24(25(33)29-27)22(32(23)18-21)8-7-15-30-13-5-6-14-30/h9-10,18-20H,5-8,11-17,27H2,1-4H3,(H,29,33). The summed E-state index contributed by atoms with van der Waals surface area (Å²) in [6.07, 6.45) is 7.92. The average Bonchev–Trinajstić information content (AvgIpc) is 3.45. The first-order valence-electron chi connectivity index (χ1n) is 12.8. The summed E-state index contributed by atoms with van der Waals surface area (Å²) in [5, 5.41) is 0. The summed E-state index contributed by atoms with van der Waals surface area (Å²) < 4.78 is 1.91. The van der Waals surface area contributed by atoms with Crippen LogP contribution in [0.25, 0.3) is 5.65 Å². The Hall–Kier alpha value is -2.45. The number of carbonyl (C=O) groups excluding carboxylic acids is 2. The van der Waals surface area contributed by atoms with Crippen molar-refractivity contribution in [1.82, 2.24) is 24.6 Å². The fourth-order valence-electron chi connectivity index (χ4n) is 4.51. The molecular formula is C26H42N6O2. The predicted molar refractivity (Wildman–Crippen MR) is 136 cm³/mol.